The molecule has 0 aromatic heterocycles. The normalized spacial score (nSPS) is 16.7. The van der Waals surface area contributed by atoms with Gasteiger partial charge in [-0.05, 0) is 30.0 Å². The van der Waals surface area contributed by atoms with E-state index in [1.165, 1.54) is 5.56 Å². The molecule has 0 radical (unpaired) electrons. The van der Waals surface area contributed by atoms with Gasteiger partial charge >= 0.3 is 12.0 Å². The minimum absolute atomic E-state index is 0.264. The molecule has 1 aliphatic rings. The SMILES string of the molecule is CCOC(=O)C1=C(c2ccccc2)NC(=O)N[C@@H]1c1ccc(CC)cc1. The first-order chi connectivity index (χ1) is 12.6. The average molecular weight is 350 g/mol. The van der Waals surface area contributed by atoms with Crippen LogP contribution in [0.5, 0.6) is 0 Å². The first kappa shape index (κ1) is 17.7. The van der Waals surface area contributed by atoms with E-state index in [0.29, 0.717) is 11.3 Å². The lowest BCUT2D eigenvalue weighted by molar-refractivity contribution is -0.138. The Labute approximate surface area is 153 Å². The number of amides is 2. The van der Waals surface area contributed by atoms with Crippen molar-refractivity contribution in [2.75, 3.05) is 6.61 Å². The zero-order chi connectivity index (χ0) is 18.5. The third kappa shape index (κ3) is 3.61. The number of nitrogens with one attached hydrogen (secondary N) is 2. The summed E-state index contributed by atoms with van der Waals surface area (Å²) in [6, 6.07) is 16.3. The molecule has 26 heavy (non-hydrogen) atoms. The maximum absolute atomic E-state index is 12.7. The Morgan fingerprint density at radius 1 is 1.04 bits per heavy atom. The number of ether oxygens (including phenoxy) is 1. The smallest absolute Gasteiger partial charge is 0.338 e. The molecule has 0 spiro atoms. The van der Waals surface area contributed by atoms with Crippen molar-refractivity contribution in [1.82, 2.24) is 10.6 Å². The number of carbonyl (C=O) groups is 2. The molecule has 2 N–H and O–H groups in total. The predicted molar refractivity (Wildman–Crippen MR) is 100 cm³/mol. The topological polar surface area (TPSA) is 67.4 Å². The molecule has 5 heteroatoms. The van der Waals surface area contributed by atoms with Crippen LogP contribution in [0, 0.1) is 0 Å². The van der Waals surface area contributed by atoms with Crippen LogP contribution in [0.4, 0.5) is 4.79 Å². The molecule has 134 valence electrons. The van der Waals surface area contributed by atoms with E-state index in [1.54, 1.807) is 6.92 Å². The van der Waals surface area contributed by atoms with Crippen LogP contribution < -0.4 is 10.6 Å². The Bertz CT molecular complexity index is 826. The molecule has 2 amide bonds. The predicted octanol–water partition coefficient (Wildman–Crippen LogP) is 3.58. The fourth-order valence-electron chi connectivity index (χ4n) is 3.02. The van der Waals surface area contributed by atoms with Crippen LogP contribution in [0.1, 0.15) is 36.6 Å². The van der Waals surface area contributed by atoms with E-state index in [0.717, 1.165) is 17.5 Å². The molecular weight excluding hydrogens is 328 g/mol. The van der Waals surface area contributed by atoms with E-state index in [1.807, 2.05) is 54.6 Å². The van der Waals surface area contributed by atoms with Crippen molar-refractivity contribution < 1.29 is 14.3 Å². The van der Waals surface area contributed by atoms with Crippen LogP contribution >= 0.6 is 0 Å². The molecule has 5 nitrogen and oxygen atoms in total. The van der Waals surface area contributed by atoms with Gasteiger partial charge in [-0.3, -0.25) is 0 Å². The molecule has 1 heterocycles. The quantitative estimate of drug-likeness (QED) is 0.810. The zero-order valence-corrected chi connectivity index (χ0v) is 14.9. The molecule has 0 unspecified atom stereocenters. The highest BCUT2D eigenvalue weighted by molar-refractivity contribution is 6.04. The van der Waals surface area contributed by atoms with Gasteiger partial charge in [-0.15, -0.1) is 0 Å². The maximum Gasteiger partial charge on any atom is 0.338 e. The van der Waals surface area contributed by atoms with Gasteiger partial charge in [0.2, 0.25) is 0 Å². The van der Waals surface area contributed by atoms with E-state index < -0.39 is 12.0 Å². The monoisotopic (exact) mass is 350 g/mol. The molecule has 1 aliphatic heterocycles. The number of rotatable bonds is 5. The van der Waals surface area contributed by atoms with Crippen molar-refractivity contribution in [3.05, 3.63) is 76.9 Å². The summed E-state index contributed by atoms with van der Waals surface area (Å²) in [4.78, 5) is 25.0. The van der Waals surface area contributed by atoms with Gasteiger partial charge in [0, 0.05) is 0 Å². The van der Waals surface area contributed by atoms with Crippen LogP contribution in [0.25, 0.3) is 5.70 Å². The molecule has 0 fully saturated rings. The van der Waals surface area contributed by atoms with Crippen LogP contribution in [-0.4, -0.2) is 18.6 Å². The number of esters is 1. The van der Waals surface area contributed by atoms with E-state index >= 15 is 0 Å². The number of urea groups is 1. The van der Waals surface area contributed by atoms with Gasteiger partial charge in [-0.2, -0.15) is 0 Å². The van der Waals surface area contributed by atoms with Crippen molar-refractivity contribution >= 4 is 17.7 Å². The van der Waals surface area contributed by atoms with Gasteiger partial charge < -0.3 is 15.4 Å². The Balaban J connectivity index is 2.13. The summed E-state index contributed by atoms with van der Waals surface area (Å²) in [5, 5.41) is 5.62. The minimum atomic E-state index is -0.566. The van der Waals surface area contributed by atoms with Crippen LogP contribution in [0.15, 0.2) is 60.2 Å². The second-order valence-corrected chi connectivity index (χ2v) is 6.00. The second-order valence-electron chi connectivity index (χ2n) is 6.00. The van der Waals surface area contributed by atoms with E-state index in [2.05, 4.69) is 17.6 Å². The maximum atomic E-state index is 12.7. The molecule has 0 aliphatic carbocycles. The molecular formula is C21H22N2O3. The number of carbonyl (C=O) groups excluding carboxylic acids is 2. The fourth-order valence-corrected chi connectivity index (χ4v) is 3.02. The first-order valence-electron chi connectivity index (χ1n) is 8.77. The van der Waals surface area contributed by atoms with Crippen molar-refractivity contribution in [3.8, 4) is 0 Å². The first-order valence-corrected chi connectivity index (χ1v) is 8.77. The summed E-state index contributed by atoms with van der Waals surface area (Å²) in [5.74, 6) is -0.441. The van der Waals surface area contributed by atoms with E-state index in [9.17, 15) is 9.59 Å². The number of aryl methyl sites for hydroxylation is 1. The van der Waals surface area contributed by atoms with Gasteiger partial charge in [-0.25, -0.2) is 9.59 Å². The second kappa shape index (κ2) is 7.87. The van der Waals surface area contributed by atoms with Gasteiger partial charge in [0.25, 0.3) is 0 Å². The summed E-state index contributed by atoms with van der Waals surface area (Å²) in [5.41, 5.74) is 3.69. The third-order valence-corrected chi connectivity index (χ3v) is 4.35. The highest BCUT2D eigenvalue weighted by atomic mass is 16.5. The van der Waals surface area contributed by atoms with E-state index in [4.69, 9.17) is 4.74 Å². The Hall–Kier alpha value is -3.08. The number of hydrogen-bond donors (Lipinski definition) is 2. The molecule has 0 bridgehead atoms. The molecule has 0 saturated heterocycles. The Kier molecular flexibility index (Phi) is 5.37. The molecule has 2 aromatic rings. The van der Waals surface area contributed by atoms with Crippen molar-refractivity contribution in [2.45, 2.75) is 26.3 Å². The lowest BCUT2D eigenvalue weighted by atomic mass is 9.92. The lowest BCUT2D eigenvalue weighted by Gasteiger charge is -2.29. The summed E-state index contributed by atoms with van der Waals surface area (Å²) in [6.45, 7) is 4.11. The van der Waals surface area contributed by atoms with Crippen molar-refractivity contribution in [1.29, 1.82) is 0 Å². The molecule has 0 saturated carbocycles. The zero-order valence-electron chi connectivity index (χ0n) is 14.9. The fraction of sp³-hybridized carbons (Fsp3) is 0.238. The standard InChI is InChI=1S/C21H22N2O3/c1-3-14-10-12-16(13-11-14)19-17(20(24)26-4-2)18(22-21(25)23-19)15-8-6-5-7-9-15/h5-13,19H,3-4H2,1-2H3,(H2,22,23,25)/t19-/m1/s1. The third-order valence-electron chi connectivity index (χ3n) is 4.35. The van der Waals surface area contributed by atoms with Gasteiger partial charge in [0.05, 0.1) is 23.9 Å². The largest absolute Gasteiger partial charge is 0.463 e. The highest BCUT2D eigenvalue weighted by Crippen LogP contribution is 2.32. The summed E-state index contributed by atoms with van der Waals surface area (Å²) >= 11 is 0. The van der Waals surface area contributed by atoms with Crippen LogP contribution in [0.3, 0.4) is 0 Å². The van der Waals surface area contributed by atoms with Gasteiger partial charge in [0.1, 0.15) is 0 Å². The lowest BCUT2D eigenvalue weighted by Crippen LogP contribution is -2.45. The average Bonchev–Trinajstić information content (AvgIpc) is 2.68. The van der Waals surface area contributed by atoms with Gasteiger partial charge in [-0.1, -0.05) is 61.5 Å². The van der Waals surface area contributed by atoms with Crippen LogP contribution in [0.2, 0.25) is 0 Å². The summed E-state index contributed by atoms with van der Waals surface area (Å²) in [6.07, 6.45) is 0.925. The molecule has 1 atom stereocenters. The number of benzene rings is 2. The summed E-state index contributed by atoms with van der Waals surface area (Å²) in [7, 11) is 0. The van der Waals surface area contributed by atoms with Crippen molar-refractivity contribution in [2.24, 2.45) is 0 Å². The number of hydrogen-bond acceptors (Lipinski definition) is 3. The molecule has 2 aromatic carbocycles. The summed E-state index contributed by atoms with van der Waals surface area (Å²) < 4.78 is 5.28. The molecule has 3 rings (SSSR count). The minimum Gasteiger partial charge on any atom is -0.463 e. The van der Waals surface area contributed by atoms with E-state index in [-0.39, 0.29) is 12.6 Å². The van der Waals surface area contributed by atoms with Crippen LogP contribution in [-0.2, 0) is 16.0 Å². The Morgan fingerprint density at radius 3 is 2.35 bits per heavy atom. The van der Waals surface area contributed by atoms with Gasteiger partial charge in [0.15, 0.2) is 0 Å². The Morgan fingerprint density at radius 2 is 1.73 bits per heavy atom. The highest BCUT2D eigenvalue weighted by Gasteiger charge is 2.34. The van der Waals surface area contributed by atoms with Crippen molar-refractivity contribution in [3.63, 3.8) is 0 Å².